The van der Waals surface area contributed by atoms with E-state index in [4.69, 9.17) is 9.47 Å². The lowest BCUT2D eigenvalue weighted by Gasteiger charge is -2.49. The molecule has 2 saturated carbocycles. The van der Waals surface area contributed by atoms with Crippen molar-refractivity contribution in [2.75, 3.05) is 13.2 Å². The zero-order chi connectivity index (χ0) is 33.0. The summed E-state index contributed by atoms with van der Waals surface area (Å²) in [6.45, 7) is 10.6. The Morgan fingerprint density at radius 3 is 2.64 bits per heavy atom. The standard InChI is InChI=1S/C36H54N4O7/c1-18-11-28-30(39(14-18)15-22-16-40(38-37-22)34-33(45)32(44)31(43)29(17-41)46-34)20(3)36(47-28)10-8-24-25-6-5-21-12-23(42)7-9-35(21,4)27(25)13-26(24)19(36)2/h5,16,18,20,23-25,27-34,41-45H,6-15,17H2,1-4H3/t18-,20+,23-,24-,25-,27-,28+,29?,30-,31-,32-,33?,34+,35-,36-/m0/s1. The Morgan fingerprint density at radius 2 is 1.85 bits per heavy atom. The Kier molecular flexibility index (Phi) is 8.08. The second-order valence-electron chi connectivity index (χ2n) is 16.6. The SMILES string of the molecule is CC1=C2C[C@H]3[C@@H](CC=C4C[C@@H](O)CC[C@@]43C)[C@@H]2CC[C@]12O[C@@H]1C[C@H](C)CN(Cc3cn([C@@H]4OC(CO)[C@H](O)[C@H](O)C4O)nn3)[C@H]1[C@H]2C. The molecule has 11 nitrogen and oxygen atoms in total. The summed E-state index contributed by atoms with van der Waals surface area (Å²) in [5.74, 6) is 2.76. The molecular weight excluding hydrogens is 600 g/mol. The molecule has 3 saturated heterocycles. The van der Waals surface area contributed by atoms with Gasteiger partial charge in [0.25, 0.3) is 0 Å². The Labute approximate surface area is 277 Å². The molecule has 0 bridgehead atoms. The van der Waals surface area contributed by atoms with Crippen LogP contribution in [0.5, 0.6) is 0 Å². The smallest absolute Gasteiger partial charge is 0.180 e. The van der Waals surface area contributed by atoms with Crippen molar-refractivity contribution in [2.45, 2.75) is 140 Å². The van der Waals surface area contributed by atoms with Crippen molar-refractivity contribution in [3.05, 3.63) is 34.7 Å². The first kappa shape index (κ1) is 32.5. The van der Waals surface area contributed by atoms with Crippen molar-refractivity contribution >= 4 is 0 Å². The third kappa shape index (κ3) is 4.89. The highest BCUT2D eigenvalue weighted by atomic mass is 16.6. The molecule has 15 atom stereocenters. The molecule has 4 aliphatic carbocycles. The Balaban J connectivity index is 1.03. The van der Waals surface area contributed by atoms with Gasteiger partial charge in [0.2, 0.25) is 0 Å². The maximum atomic E-state index is 10.6. The van der Waals surface area contributed by atoms with Crippen LogP contribution in [0.3, 0.4) is 0 Å². The molecule has 2 unspecified atom stereocenters. The van der Waals surface area contributed by atoms with E-state index in [1.807, 2.05) is 0 Å². The van der Waals surface area contributed by atoms with Gasteiger partial charge < -0.3 is 35.0 Å². The first-order chi connectivity index (χ1) is 22.4. The highest BCUT2D eigenvalue weighted by Crippen LogP contribution is 2.65. The Hall–Kier alpha value is -1.70. The fourth-order valence-electron chi connectivity index (χ4n) is 11.7. The minimum absolute atomic E-state index is 0.135. The minimum Gasteiger partial charge on any atom is -0.394 e. The van der Waals surface area contributed by atoms with Crippen LogP contribution in [0.15, 0.2) is 29.0 Å². The van der Waals surface area contributed by atoms with E-state index in [0.29, 0.717) is 36.1 Å². The molecule has 47 heavy (non-hydrogen) atoms. The molecule has 1 spiro atoms. The van der Waals surface area contributed by atoms with E-state index >= 15 is 0 Å². The summed E-state index contributed by atoms with van der Waals surface area (Å²) in [5, 5.41) is 59.9. The van der Waals surface area contributed by atoms with Gasteiger partial charge >= 0.3 is 0 Å². The van der Waals surface area contributed by atoms with E-state index in [9.17, 15) is 25.5 Å². The molecule has 3 aliphatic heterocycles. The van der Waals surface area contributed by atoms with Gasteiger partial charge in [0.1, 0.15) is 24.4 Å². The van der Waals surface area contributed by atoms with Crippen molar-refractivity contribution < 1.29 is 35.0 Å². The number of likely N-dealkylation sites (tertiary alicyclic amines) is 1. The van der Waals surface area contributed by atoms with Gasteiger partial charge in [-0.05, 0) is 93.0 Å². The van der Waals surface area contributed by atoms with E-state index in [1.54, 1.807) is 11.8 Å². The number of allylic oxidation sites excluding steroid dienone is 2. The average Bonchev–Trinajstić information content (AvgIpc) is 3.74. The monoisotopic (exact) mass is 654 g/mol. The van der Waals surface area contributed by atoms with Crippen LogP contribution >= 0.6 is 0 Å². The second kappa shape index (κ2) is 11.7. The molecule has 11 heteroatoms. The van der Waals surface area contributed by atoms with Gasteiger partial charge in [-0.1, -0.05) is 43.2 Å². The molecule has 0 amide bonds. The molecule has 4 heterocycles. The molecule has 1 aromatic heterocycles. The lowest BCUT2D eigenvalue weighted by Crippen LogP contribution is -2.56. The van der Waals surface area contributed by atoms with Gasteiger partial charge in [0.05, 0.1) is 36.3 Å². The lowest BCUT2D eigenvalue weighted by atomic mass is 9.56. The molecule has 8 rings (SSSR count). The minimum atomic E-state index is -1.47. The van der Waals surface area contributed by atoms with Gasteiger partial charge in [-0.3, -0.25) is 4.90 Å². The lowest BCUT2D eigenvalue weighted by molar-refractivity contribution is -0.254. The number of aliphatic hydroxyl groups excluding tert-OH is 5. The second-order valence-corrected chi connectivity index (χ2v) is 16.6. The van der Waals surface area contributed by atoms with Crippen LogP contribution in [0, 0.1) is 35.0 Å². The van der Waals surface area contributed by atoms with Crippen LogP contribution in [0.4, 0.5) is 0 Å². The maximum Gasteiger partial charge on any atom is 0.180 e. The van der Waals surface area contributed by atoms with Gasteiger partial charge in [0, 0.05) is 25.0 Å². The number of piperidine rings is 1. The molecule has 5 fully saturated rings. The van der Waals surface area contributed by atoms with Crippen molar-refractivity contribution in [1.82, 2.24) is 19.9 Å². The van der Waals surface area contributed by atoms with Crippen molar-refractivity contribution in [2.24, 2.45) is 35.0 Å². The number of aliphatic hydroxyl groups is 5. The normalized spacial score (nSPS) is 49.8. The number of rotatable bonds is 4. The Morgan fingerprint density at radius 1 is 1.04 bits per heavy atom. The number of aromatic nitrogens is 3. The van der Waals surface area contributed by atoms with Gasteiger partial charge in [0.15, 0.2) is 6.23 Å². The van der Waals surface area contributed by atoms with Crippen LogP contribution in [-0.4, -0.2) is 107 Å². The fraction of sp³-hybridized carbons (Fsp3) is 0.833. The van der Waals surface area contributed by atoms with Crippen molar-refractivity contribution in [3.8, 4) is 0 Å². The summed E-state index contributed by atoms with van der Waals surface area (Å²) in [5.41, 5.74) is 5.35. The summed E-state index contributed by atoms with van der Waals surface area (Å²) in [6.07, 6.45) is 6.27. The predicted octanol–water partition coefficient (Wildman–Crippen LogP) is 2.48. The zero-order valence-corrected chi connectivity index (χ0v) is 28.3. The molecule has 0 aromatic carbocycles. The number of ether oxygens (including phenoxy) is 2. The number of fused-ring (bicyclic) bond motifs is 6. The van der Waals surface area contributed by atoms with Crippen LogP contribution in [-0.2, 0) is 16.0 Å². The number of nitrogens with zero attached hydrogens (tertiary/aromatic N) is 4. The topological polar surface area (TPSA) is 154 Å². The van der Waals surface area contributed by atoms with E-state index in [-0.39, 0.29) is 29.3 Å². The molecule has 260 valence electrons. The molecule has 5 N–H and O–H groups in total. The Bertz CT molecular complexity index is 1430. The largest absolute Gasteiger partial charge is 0.394 e. The average molecular weight is 655 g/mol. The van der Waals surface area contributed by atoms with Crippen LogP contribution in [0.25, 0.3) is 0 Å². The van der Waals surface area contributed by atoms with Gasteiger partial charge in [-0.15, -0.1) is 5.10 Å². The van der Waals surface area contributed by atoms with E-state index < -0.39 is 37.3 Å². The third-order valence-corrected chi connectivity index (χ3v) is 14.1. The molecule has 7 aliphatic rings. The summed E-state index contributed by atoms with van der Waals surface area (Å²) in [4.78, 5) is 2.52. The van der Waals surface area contributed by atoms with Crippen LogP contribution in [0.1, 0.15) is 91.0 Å². The highest BCUT2D eigenvalue weighted by molar-refractivity contribution is 5.38. The first-order valence-corrected chi connectivity index (χ1v) is 18.2. The number of hydrogen-bond donors (Lipinski definition) is 5. The quantitative estimate of drug-likeness (QED) is 0.306. The van der Waals surface area contributed by atoms with Gasteiger partial charge in [-0.25, -0.2) is 4.68 Å². The maximum absolute atomic E-state index is 10.6. The van der Waals surface area contributed by atoms with Gasteiger partial charge in [-0.2, -0.15) is 0 Å². The summed E-state index contributed by atoms with van der Waals surface area (Å²) >= 11 is 0. The van der Waals surface area contributed by atoms with Crippen LogP contribution < -0.4 is 0 Å². The van der Waals surface area contributed by atoms with Crippen molar-refractivity contribution in [3.63, 3.8) is 0 Å². The predicted molar refractivity (Wildman–Crippen MR) is 171 cm³/mol. The number of hydrogen-bond acceptors (Lipinski definition) is 10. The molecular formula is C36H54N4O7. The highest BCUT2D eigenvalue weighted by Gasteiger charge is 2.61. The van der Waals surface area contributed by atoms with Crippen LogP contribution in [0.2, 0.25) is 0 Å². The summed E-state index contributed by atoms with van der Waals surface area (Å²) < 4.78 is 14.4. The van der Waals surface area contributed by atoms with E-state index in [1.165, 1.54) is 28.7 Å². The summed E-state index contributed by atoms with van der Waals surface area (Å²) in [7, 11) is 0. The zero-order valence-electron chi connectivity index (χ0n) is 28.3. The van der Waals surface area contributed by atoms with E-state index in [0.717, 1.165) is 50.8 Å². The molecule has 1 aromatic rings. The van der Waals surface area contributed by atoms with Crippen molar-refractivity contribution in [1.29, 1.82) is 0 Å². The first-order valence-electron chi connectivity index (χ1n) is 18.2. The third-order valence-electron chi connectivity index (χ3n) is 14.1. The van der Waals surface area contributed by atoms with E-state index in [2.05, 4.69) is 49.0 Å². The molecule has 0 radical (unpaired) electrons. The fourth-order valence-corrected chi connectivity index (χ4v) is 11.7. The summed E-state index contributed by atoms with van der Waals surface area (Å²) in [6, 6.07) is 0.241.